The highest BCUT2D eigenvalue weighted by molar-refractivity contribution is 9.10. The quantitative estimate of drug-likeness (QED) is 0.351. The zero-order chi connectivity index (χ0) is 19.7. The van der Waals surface area contributed by atoms with E-state index < -0.39 is 36.6 Å². The number of ether oxygens (including phenoxy) is 1. The fourth-order valence-electron chi connectivity index (χ4n) is 2.89. The molecule has 12 heteroatoms. The van der Waals surface area contributed by atoms with Crippen molar-refractivity contribution in [3.05, 3.63) is 17.0 Å². The van der Waals surface area contributed by atoms with Crippen molar-refractivity contribution in [3.63, 3.8) is 0 Å². The van der Waals surface area contributed by atoms with Gasteiger partial charge < -0.3 is 36.1 Å². The van der Waals surface area contributed by atoms with Crippen molar-refractivity contribution >= 4 is 50.5 Å². The summed E-state index contributed by atoms with van der Waals surface area (Å²) in [6, 6.07) is -0.918. The van der Waals surface area contributed by atoms with Gasteiger partial charge in [-0.1, -0.05) is 0 Å². The van der Waals surface area contributed by atoms with Crippen LogP contribution in [0, 0.1) is 0 Å². The van der Waals surface area contributed by atoms with Crippen molar-refractivity contribution in [1.82, 2.24) is 14.5 Å². The van der Waals surface area contributed by atoms with Crippen LogP contribution >= 0.6 is 27.7 Å². The van der Waals surface area contributed by atoms with Gasteiger partial charge in [-0.2, -0.15) is 11.8 Å². The topological polar surface area (TPSA) is 170 Å². The Balaban J connectivity index is 1.69. The Kier molecular flexibility index (Phi) is 6.23. The summed E-state index contributed by atoms with van der Waals surface area (Å²) in [5.41, 5.74) is 11.8. The summed E-state index contributed by atoms with van der Waals surface area (Å²) in [6.45, 7) is 0. The highest BCUT2D eigenvalue weighted by Crippen LogP contribution is 2.37. The van der Waals surface area contributed by atoms with E-state index in [1.54, 1.807) is 10.8 Å². The van der Waals surface area contributed by atoms with Crippen LogP contribution in [0.3, 0.4) is 0 Å². The number of rotatable bonds is 7. The Morgan fingerprint density at radius 3 is 2.85 bits per heavy atom. The lowest BCUT2D eigenvalue weighted by atomic mass is 10.1. The molecule has 5 atom stereocenters. The summed E-state index contributed by atoms with van der Waals surface area (Å²) < 4.78 is 8.12. The average molecular weight is 462 g/mol. The Morgan fingerprint density at radius 1 is 1.41 bits per heavy atom. The van der Waals surface area contributed by atoms with E-state index in [0.29, 0.717) is 39.3 Å². The fourth-order valence-corrected chi connectivity index (χ4v) is 4.58. The van der Waals surface area contributed by atoms with Gasteiger partial charge in [0.25, 0.3) is 0 Å². The molecule has 2 aromatic rings. The number of nitrogens with two attached hydrogens (primary N) is 2. The smallest absolute Gasteiger partial charge is 0.320 e. The predicted octanol–water partition coefficient (Wildman–Crippen LogP) is -0.0696. The molecule has 10 nitrogen and oxygen atoms in total. The molecule has 3 rings (SSSR count). The molecule has 0 aromatic carbocycles. The fraction of sp³-hybridized carbons (Fsp3) is 0.533. The number of hydrogen-bond acceptors (Lipinski definition) is 9. The maximum Gasteiger partial charge on any atom is 0.320 e. The lowest BCUT2D eigenvalue weighted by Crippen LogP contribution is -2.33. The van der Waals surface area contributed by atoms with Gasteiger partial charge in [0.15, 0.2) is 6.23 Å². The van der Waals surface area contributed by atoms with Crippen molar-refractivity contribution < 1.29 is 24.9 Å². The summed E-state index contributed by atoms with van der Waals surface area (Å²) in [7, 11) is 0. The number of aliphatic carboxylic acids is 1. The molecule has 2 aromatic heterocycles. The van der Waals surface area contributed by atoms with Crippen molar-refractivity contribution in [2.45, 2.75) is 37.0 Å². The predicted molar refractivity (Wildman–Crippen MR) is 103 cm³/mol. The second-order valence-corrected chi connectivity index (χ2v) is 8.20. The number of fused-ring (bicyclic) bond motifs is 1. The van der Waals surface area contributed by atoms with Gasteiger partial charge >= 0.3 is 5.97 Å². The molecule has 0 amide bonds. The van der Waals surface area contributed by atoms with Crippen LogP contribution in [-0.4, -0.2) is 71.7 Å². The minimum absolute atomic E-state index is 0.292. The number of nitrogens with zero attached hydrogens (tertiary/aromatic N) is 3. The third-order valence-corrected chi connectivity index (χ3v) is 6.07. The van der Waals surface area contributed by atoms with E-state index >= 15 is 0 Å². The van der Waals surface area contributed by atoms with Crippen LogP contribution in [-0.2, 0) is 9.53 Å². The van der Waals surface area contributed by atoms with Crippen LogP contribution in [0.15, 0.2) is 17.0 Å². The zero-order valence-corrected chi connectivity index (χ0v) is 16.5. The van der Waals surface area contributed by atoms with Gasteiger partial charge in [0.2, 0.25) is 0 Å². The SMILES string of the molecule is Nc1ncnc2c1c(Br)cn2[C@@H]1O[C@H](CSCC[C@@H](N)C(=O)O)[C@@H](O)[C@H]1O. The number of nitrogen functional groups attached to an aromatic ring is 1. The molecule has 1 saturated heterocycles. The Labute approximate surface area is 167 Å². The second-order valence-electron chi connectivity index (χ2n) is 6.20. The van der Waals surface area contributed by atoms with Crippen LogP contribution in [0.5, 0.6) is 0 Å². The first kappa shape index (κ1) is 20.3. The van der Waals surface area contributed by atoms with E-state index in [1.165, 1.54) is 18.1 Å². The number of carboxylic acids is 1. The van der Waals surface area contributed by atoms with Crippen molar-refractivity contribution in [3.8, 4) is 0 Å². The van der Waals surface area contributed by atoms with E-state index in [4.69, 9.17) is 21.3 Å². The number of halogens is 1. The Bertz CT molecular complexity index is 836. The van der Waals surface area contributed by atoms with Crippen LogP contribution in [0.25, 0.3) is 11.0 Å². The van der Waals surface area contributed by atoms with Crippen LogP contribution in [0.2, 0.25) is 0 Å². The van der Waals surface area contributed by atoms with Gasteiger partial charge in [0.05, 0.1) is 11.5 Å². The van der Waals surface area contributed by atoms with E-state index in [0.717, 1.165) is 0 Å². The summed E-state index contributed by atoms with van der Waals surface area (Å²) in [5.74, 6) is 0.135. The number of carboxylic acid groups (broad SMARTS) is 1. The largest absolute Gasteiger partial charge is 0.480 e. The first-order valence-electron chi connectivity index (χ1n) is 8.15. The molecule has 7 N–H and O–H groups in total. The van der Waals surface area contributed by atoms with Gasteiger partial charge in [-0.25, -0.2) is 9.97 Å². The lowest BCUT2D eigenvalue weighted by molar-refractivity contribution is -0.138. The third kappa shape index (κ3) is 4.05. The number of anilines is 1. The molecule has 0 spiro atoms. The standard InChI is InChI=1S/C15H20BrN5O5S/c16-6-3-21(13-9(6)12(18)19-5-20-13)14-11(23)10(22)8(26-14)4-27-2-1-7(17)15(24)25/h3,5,7-8,10-11,14,22-23H,1-2,4,17H2,(H,24,25)(H2,18,19,20)/t7-,8-,10-,11-,14-/m1/s1. The van der Waals surface area contributed by atoms with Gasteiger partial charge in [0, 0.05) is 16.4 Å². The van der Waals surface area contributed by atoms with Gasteiger partial charge in [-0.3, -0.25) is 4.79 Å². The molecule has 0 aliphatic carbocycles. The van der Waals surface area contributed by atoms with Crippen molar-refractivity contribution in [2.75, 3.05) is 17.2 Å². The van der Waals surface area contributed by atoms with Gasteiger partial charge in [-0.15, -0.1) is 0 Å². The molecular weight excluding hydrogens is 442 g/mol. The maximum atomic E-state index is 10.7. The molecule has 27 heavy (non-hydrogen) atoms. The van der Waals surface area contributed by atoms with Gasteiger partial charge in [0.1, 0.15) is 36.0 Å². The first-order chi connectivity index (χ1) is 12.8. The molecule has 1 fully saturated rings. The number of aliphatic hydroxyl groups excluding tert-OH is 2. The minimum Gasteiger partial charge on any atom is -0.480 e. The van der Waals surface area contributed by atoms with Crippen molar-refractivity contribution in [2.24, 2.45) is 5.73 Å². The molecule has 148 valence electrons. The number of hydrogen-bond donors (Lipinski definition) is 5. The molecule has 0 saturated carbocycles. The third-order valence-electron chi connectivity index (χ3n) is 4.38. The summed E-state index contributed by atoms with van der Waals surface area (Å²) in [5, 5.41) is 30.2. The molecule has 1 aliphatic rings. The molecule has 3 heterocycles. The molecular formula is C15H20BrN5O5S. The highest BCUT2D eigenvalue weighted by atomic mass is 79.9. The normalized spacial score (nSPS) is 26.5. The summed E-state index contributed by atoms with van der Waals surface area (Å²) >= 11 is 4.80. The van der Waals surface area contributed by atoms with Gasteiger partial charge in [-0.05, 0) is 28.1 Å². The number of carbonyl (C=O) groups is 1. The first-order valence-corrected chi connectivity index (χ1v) is 10.1. The lowest BCUT2D eigenvalue weighted by Gasteiger charge is -2.17. The zero-order valence-electron chi connectivity index (χ0n) is 14.1. The second kappa shape index (κ2) is 8.29. The number of aliphatic hydroxyl groups is 2. The minimum atomic E-state index is -1.16. The van der Waals surface area contributed by atoms with E-state index in [9.17, 15) is 15.0 Å². The van der Waals surface area contributed by atoms with Crippen LogP contribution < -0.4 is 11.5 Å². The molecule has 0 bridgehead atoms. The van der Waals surface area contributed by atoms with E-state index in [-0.39, 0.29) is 0 Å². The summed E-state index contributed by atoms with van der Waals surface area (Å²) in [6.07, 6.45) is -0.405. The van der Waals surface area contributed by atoms with Crippen LogP contribution in [0.1, 0.15) is 12.6 Å². The molecule has 1 aliphatic heterocycles. The Hall–Kier alpha value is -1.44. The monoisotopic (exact) mass is 461 g/mol. The van der Waals surface area contributed by atoms with E-state index in [1.807, 2.05) is 0 Å². The molecule has 0 unspecified atom stereocenters. The highest BCUT2D eigenvalue weighted by Gasteiger charge is 2.44. The van der Waals surface area contributed by atoms with Crippen LogP contribution in [0.4, 0.5) is 5.82 Å². The number of thioether (sulfide) groups is 1. The Morgan fingerprint density at radius 2 is 2.15 bits per heavy atom. The van der Waals surface area contributed by atoms with Crippen molar-refractivity contribution in [1.29, 1.82) is 0 Å². The number of aromatic nitrogens is 3. The molecule has 0 radical (unpaired) electrons. The average Bonchev–Trinajstić information content (AvgIpc) is 3.10. The maximum absolute atomic E-state index is 10.7. The summed E-state index contributed by atoms with van der Waals surface area (Å²) in [4.78, 5) is 18.9. The van der Waals surface area contributed by atoms with E-state index in [2.05, 4.69) is 25.9 Å².